The number of hydrogen-bond acceptors (Lipinski definition) is 3. The van der Waals surface area contributed by atoms with E-state index in [1.807, 2.05) is 0 Å². The highest BCUT2D eigenvalue weighted by Gasteiger charge is 2.16. The molecule has 5 heteroatoms. The van der Waals surface area contributed by atoms with Crippen molar-refractivity contribution >= 4 is 16.4 Å². The van der Waals surface area contributed by atoms with Crippen molar-refractivity contribution in [3.8, 4) is 0 Å². The van der Waals surface area contributed by atoms with E-state index in [0.29, 0.717) is 4.31 Å². The SMILES string of the molecule is C=CCN(C=O)S(=O)(=O)CC=C. The van der Waals surface area contributed by atoms with E-state index in [-0.39, 0.29) is 18.7 Å². The molecule has 0 saturated heterocycles. The summed E-state index contributed by atoms with van der Waals surface area (Å²) in [5.41, 5.74) is 0. The second-order valence-electron chi connectivity index (χ2n) is 2.03. The topological polar surface area (TPSA) is 54.5 Å². The molecule has 0 aliphatic carbocycles. The van der Waals surface area contributed by atoms with Gasteiger partial charge in [-0.2, -0.15) is 0 Å². The average molecular weight is 189 g/mol. The predicted octanol–water partition coefficient (Wildman–Crippen LogP) is 0.147. The van der Waals surface area contributed by atoms with Gasteiger partial charge in [0.2, 0.25) is 16.4 Å². The Morgan fingerprint density at radius 2 is 1.83 bits per heavy atom. The van der Waals surface area contributed by atoms with Crippen LogP contribution in [0.5, 0.6) is 0 Å². The fourth-order valence-corrected chi connectivity index (χ4v) is 1.55. The van der Waals surface area contributed by atoms with E-state index in [2.05, 4.69) is 13.2 Å². The summed E-state index contributed by atoms with van der Waals surface area (Å²) in [7, 11) is -3.51. The van der Waals surface area contributed by atoms with Gasteiger partial charge in [-0.15, -0.1) is 13.2 Å². The maximum Gasteiger partial charge on any atom is 0.240 e. The lowest BCUT2D eigenvalue weighted by Crippen LogP contribution is -2.31. The van der Waals surface area contributed by atoms with Crippen molar-refractivity contribution in [1.29, 1.82) is 0 Å². The van der Waals surface area contributed by atoms with E-state index >= 15 is 0 Å². The summed E-state index contributed by atoms with van der Waals surface area (Å²) in [6.45, 7) is 6.61. The van der Waals surface area contributed by atoms with Crippen molar-refractivity contribution in [2.24, 2.45) is 0 Å². The lowest BCUT2D eigenvalue weighted by Gasteiger charge is -2.13. The first-order valence-electron chi connectivity index (χ1n) is 3.25. The maximum atomic E-state index is 11.1. The van der Waals surface area contributed by atoms with E-state index in [1.54, 1.807) is 0 Å². The molecule has 0 saturated carbocycles. The van der Waals surface area contributed by atoms with Gasteiger partial charge in [-0.25, -0.2) is 12.7 Å². The minimum atomic E-state index is -3.51. The third-order valence-corrected chi connectivity index (χ3v) is 2.72. The molecule has 0 aromatic carbocycles. The monoisotopic (exact) mass is 189 g/mol. The van der Waals surface area contributed by atoms with Gasteiger partial charge < -0.3 is 0 Å². The third kappa shape index (κ3) is 2.87. The molecule has 0 atom stereocenters. The second kappa shape index (κ2) is 4.71. The van der Waals surface area contributed by atoms with Gasteiger partial charge in [0.1, 0.15) is 0 Å². The summed E-state index contributed by atoms with van der Waals surface area (Å²) < 4.78 is 22.9. The Kier molecular flexibility index (Phi) is 4.28. The van der Waals surface area contributed by atoms with E-state index in [0.717, 1.165) is 0 Å². The molecule has 4 nitrogen and oxygen atoms in total. The Morgan fingerprint density at radius 1 is 1.25 bits per heavy atom. The zero-order chi connectivity index (χ0) is 9.61. The van der Waals surface area contributed by atoms with Gasteiger partial charge in [-0.3, -0.25) is 4.79 Å². The van der Waals surface area contributed by atoms with Gasteiger partial charge in [0, 0.05) is 0 Å². The van der Waals surface area contributed by atoms with Crippen LogP contribution >= 0.6 is 0 Å². The van der Waals surface area contributed by atoms with Crippen LogP contribution in [0.3, 0.4) is 0 Å². The van der Waals surface area contributed by atoms with Crippen molar-refractivity contribution < 1.29 is 13.2 Å². The molecule has 0 N–H and O–H groups in total. The number of carbonyl (C=O) groups is 1. The van der Waals surface area contributed by atoms with Crippen LogP contribution in [0.1, 0.15) is 0 Å². The molecule has 0 radical (unpaired) electrons. The van der Waals surface area contributed by atoms with Crippen molar-refractivity contribution in [2.75, 3.05) is 12.3 Å². The van der Waals surface area contributed by atoms with E-state index in [9.17, 15) is 13.2 Å². The number of amides is 1. The molecule has 0 rings (SSSR count). The Morgan fingerprint density at radius 3 is 2.17 bits per heavy atom. The van der Waals surface area contributed by atoms with Gasteiger partial charge in [0.15, 0.2) is 0 Å². The summed E-state index contributed by atoms with van der Waals surface area (Å²) in [4.78, 5) is 10.3. The molecule has 0 heterocycles. The number of hydrogen-bond donors (Lipinski definition) is 0. The zero-order valence-corrected chi connectivity index (χ0v) is 7.46. The van der Waals surface area contributed by atoms with Crippen LogP contribution in [0.2, 0.25) is 0 Å². The average Bonchev–Trinajstić information content (AvgIpc) is 1.99. The quantitative estimate of drug-likeness (QED) is 0.441. The van der Waals surface area contributed by atoms with E-state index in [4.69, 9.17) is 0 Å². The van der Waals surface area contributed by atoms with Gasteiger partial charge in [-0.05, 0) is 0 Å². The predicted molar refractivity (Wildman–Crippen MR) is 47.0 cm³/mol. The largest absolute Gasteiger partial charge is 0.278 e. The summed E-state index contributed by atoms with van der Waals surface area (Å²) >= 11 is 0. The van der Waals surface area contributed by atoms with Crippen LogP contribution < -0.4 is 0 Å². The van der Waals surface area contributed by atoms with Crippen molar-refractivity contribution in [2.45, 2.75) is 0 Å². The molecule has 0 bridgehead atoms. The molecule has 0 fully saturated rings. The number of sulfonamides is 1. The van der Waals surface area contributed by atoms with Gasteiger partial charge >= 0.3 is 0 Å². The summed E-state index contributed by atoms with van der Waals surface area (Å²) in [6.07, 6.45) is 2.84. The lowest BCUT2D eigenvalue weighted by molar-refractivity contribution is -0.113. The standard InChI is InChI=1S/C7H11NO3S/c1-3-5-8(7-9)12(10,11)6-4-2/h3-4,7H,1-2,5-6H2. The molecule has 0 aliphatic heterocycles. The molecule has 0 aliphatic rings. The molecule has 12 heavy (non-hydrogen) atoms. The van der Waals surface area contributed by atoms with Crippen LogP contribution in [0.4, 0.5) is 0 Å². The van der Waals surface area contributed by atoms with Gasteiger partial charge in [-0.1, -0.05) is 12.2 Å². The minimum absolute atomic E-state index is 0.000324. The fourth-order valence-electron chi connectivity index (χ4n) is 0.594. The van der Waals surface area contributed by atoms with E-state index in [1.165, 1.54) is 12.2 Å². The second-order valence-corrected chi connectivity index (χ2v) is 4.00. The van der Waals surface area contributed by atoms with Crippen LogP contribution in [0, 0.1) is 0 Å². The minimum Gasteiger partial charge on any atom is -0.278 e. The molecule has 0 aromatic heterocycles. The number of nitrogens with zero attached hydrogens (tertiary/aromatic N) is 1. The zero-order valence-electron chi connectivity index (χ0n) is 6.64. The van der Waals surface area contributed by atoms with Crippen LogP contribution in [-0.4, -0.2) is 31.4 Å². The van der Waals surface area contributed by atoms with Crippen LogP contribution in [0.15, 0.2) is 25.3 Å². The molecular weight excluding hydrogens is 178 g/mol. The molecule has 68 valence electrons. The highest BCUT2D eigenvalue weighted by atomic mass is 32.2. The highest BCUT2D eigenvalue weighted by Crippen LogP contribution is 1.98. The molecule has 0 unspecified atom stereocenters. The smallest absolute Gasteiger partial charge is 0.240 e. The van der Waals surface area contributed by atoms with Gasteiger partial charge in [0.05, 0.1) is 12.3 Å². The molecule has 0 aromatic rings. The van der Waals surface area contributed by atoms with E-state index < -0.39 is 10.0 Å². The van der Waals surface area contributed by atoms with Crippen molar-refractivity contribution in [3.05, 3.63) is 25.3 Å². The van der Waals surface area contributed by atoms with Crippen LogP contribution in [0.25, 0.3) is 0 Å². The van der Waals surface area contributed by atoms with Crippen molar-refractivity contribution in [1.82, 2.24) is 4.31 Å². The molecular formula is C7H11NO3S. The summed E-state index contributed by atoms with van der Waals surface area (Å²) in [5, 5.41) is 0. The highest BCUT2D eigenvalue weighted by molar-refractivity contribution is 7.89. The Bertz CT molecular complexity index is 268. The summed E-state index contributed by atoms with van der Waals surface area (Å²) in [6, 6.07) is 0. The van der Waals surface area contributed by atoms with Crippen LogP contribution in [-0.2, 0) is 14.8 Å². The maximum absolute atomic E-state index is 11.1. The number of rotatable bonds is 6. The Hall–Kier alpha value is -1.10. The molecule has 1 amide bonds. The third-order valence-electron chi connectivity index (χ3n) is 1.11. The summed E-state index contributed by atoms with van der Waals surface area (Å²) in [5.74, 6) is -0.237. The van der Waals surface area contributed by atoms with Crippen molar-refractivity contribution in [3.63, 3.8) is 0 Å². The first-order chi connectivity index (χ1) is 5.58. The first-order valence-corrected chi connectivity index (χ1v) is 4.86. The Labute approximate surface area is 72.2 Å². The van der Waals surface area contributed by atoms with Gasteiger partial charge in [0.25, 0.3) is 0 Å². The lowest BCUT2D eigenvalue weighted by atomic mass is 10.6. The first kappa shape index (κ1) is 10.9. The normalized spacial score (nSPS) is 10.3. The fraction of sp³-hybridized carbons (Fsp3) is 0.286. The number of carbonyl (C=O) groups excluding carboxylic acids is 1. The Balaban J connectivity index is 4.58. The molecule has 0 spiro atoms.